The standard InChI is InChI=1S/C8H9NO/c9-7-1-2-8-6(5-7)3-4-10-8/h1-6,8H,9H2. The topological polar surface area (TPSA) is 35.2 Å². The van der Waals surface area contributed by atoms with Crippen LogP contribution in [0.2, 0.25) is 0 Å². The summed E-state index contributed by atoms with van der Waals surface area (Å²) in [6.07, 6.45) is 9.82. The van der Waals surface area contributed by atoms with Gasteiger partial charge in [-0.05, 0) is 18.2 Å². The van der Waals surface area contributed by atoms with Crippen molar-refractivity contribution in [1.29, 1.82) is 0 Å². The van der Waals surface area contributed by atoms with E-state index < -0.39 is 0 Å². The molecule has 2 nitrogen and oxygen atoms in total. The summed E-state index contributed by atoms with van der Waals surface area (Å²) in [5.74, 6) is 0.366. The SMILES string of the molecule is NC1=CC2C=COC2C=C1. The summed E-state index contributed by atoms with van der Waals surface area (Å²) in [5.41, 5.74) is 6.41. The average molecular weight is 135 g/mol. The van der Waals surface area contributed by atoms with Gasteiger partial charge in [0.2, 0.25) is 0 Å². The van der Waals surface area contributed by atoms with Crippen molar-refractivity contribution in [3.8, 4) is 0 Å². The average Bonchev–Trinajstić information content (AvgIpc) is 2.33. The Kier molecular flexibility index (Phi) is 1.07. The molecule has 2 unspecified atom stereocenters. The minimum atomic E-state index is 0.201. The van der Waals surface area contributed by atoms with E-state index in [4.69, 9.17) is 10.5 Å². The lowest BCUT2D eigenvalue weighted by Crippen LogP contribution is -2.16. The number of allylic oxidation sites excluding steroid dienone is 1. The van der Waals surface area contributed by atoms with E-state index in [1.54, 1.807) is 6.26 Å². The van der Waals surface area contributed by atoms with Crippen molar-refractivity contribution >= 4 is 0 Å². The molecule has 2 N–H and O–H groups in total. The Labute approximate surface area is 59.7 Å². The summed E-state index contributed by atoms with van der Waals surface area (Å²) in [4.78, 5) is 0. The van der Waals surface area contributed by atoms with Crippen LogP contribution in [0.1, 0.15) is 0 Å². The smallest absolute Gasteiger partial charge is 0.126 e. The summed E-state index contributed by atoms with van der Waals surface area (Å²) in [5, 5.41) is 0. The summed E-state index contributed by atoms with van der Waals surface area (Å²) in [6, 6.07) is 0. The van der Waals surface area contributed by atoms with E-state index in [1.807, 2.05) is 24.3 Å². The van der Waals surface area contributed by atoms with Crippen LogP contribution < -0.4 is 5.73 Å². The molecule has 0 aromatic heterocycles. The van der Waals surface area contributed by atoms with E-state index >= 15 is 0 Å². The fraction of sp³-hybridized carbons (Fsp3) is 0.250. The minimum absolute atomic E-state index is 0.201. The molecule has 0 saturated heterocycles. The van der Waals surface area contributed by atoms with Gasteiger partial charge in [0.25, 0.3) is 0 Å². The van der Waals surface area contributed by atoms with Crippen LogP contribution in [0.15, 0.2) is 36.3 Å². The molecule has 0 aromatic rings. The fourth-order valence-corrected chi connectivity index (χ4v) is 1.23. The molecule has 1 heterocycles. The van der Waals surface area contributed by atoms with Crippen molar-refractivity contribution in [2.24, 2.45) is 11.7 Å². The van der Waals surface area contributed by atoms with Gasteiger partial charge in [-0.3, -0.25) is 0 Å². The van der Waals surface area contributed by atoms with E-state index in [2.05, 4.69) is 0 Å². The first-order valence-electron chi connectivity index (χ1n) is 3.34. The van der Waals surface area contributed by atoms with Crippen LogP contribution in [-0.2, 0) is 4.74 Å². The van der Waals surface area contributed by atoms with Gasteiger partial charge >= 0.3 is 0 Å². The molecular weight excluding hydrogens is 126 g/mol. The first-order valence-corrected chi connectivity index (χ1v) is 3.34. The van der Waals surface area contributed by atoms with Crippen LogP contribution in [0.4, 0.5) is 0 Å². The molecule has 0 radical (unpaired) electrons. The van der Waals surface area contributed by atoms with Gasteiger partial charge in [0.1, 0.15) is 6.10 Å². The molecule has 0 bridgehead atoms. The van der Waals surface area contributed by atoms with E-state index in [1.165, 1.54) is 0 Å². The molecule has 2 aliphatic rings. The highest BCUT2D eigenvalue weighted by Gasteiger charge is 2.22. The van der Waals surface area contributed by atoms with Gasteiger partial charge in [-0.2, -0.15) is 0 Å². The van der Waals surface area contributed by atoms with Crippen LogP contribution in [0.3, 0.4) is 0 Å². The van der Waals surface area contributed by atoms with Gasteiger partial charge in [-0.15, -0.1) is 0 Å². The maximum absolute atomic E-state index is 5.58. The number of nitrogens with two attached hydrogens (primary N) is 1. The number of fused-ring (bicyclic) bond motifs is 1. The first-order chi connectivity index (χ1) is 4.86. The molecule has 2 heteroatoms. The molecule has 0 spiro atoms. The van der Waals surface area contributed by atoms with Crippen molar-refractivity contribution in [3.63, 3.8) is 0 Å². The summed E-state index contributed by atoms with van der Waals surface area (Å²) >= 11 is 0. The van der Waals surface area contributed by atoms with Crippen LogP contribution in [0.5, 0.6) is 0 Å². The van der Waals surface area contributed by atoms with E-state index in [9.17, 15) is 0 Å². The summed E-state index contributed by atoms with van der Waals surface area (Å²) in [6.45, 7) is 0. The lowest BCUT2D eigenvalue weighted by atomic mass is 9.98. The second-order valence-corrected chi connectivity index (χ2v) is 2.53. The highest BCUT2D eigenvalue weighted by atomic mass is 16.5. The lowest BCUT2D eigenvalue weighted by Gasteiger charge is -2.15. The summed E-state index contributed by atoms with van der Waals surface area (Å²) < 4.78 is 5.24. The molecule has 1 aliphatic heterocycles. The van der Waals surface area contributed by atoms with E-state index in [0.29, 0.717) is 5.92 Å². The van der Waals surface area contributed by atoms with Gasteiger partial charge in [0.15, 0.2) is 0 Å². The quantitative estimate of drug-likeness (QED) is 0.536. The van der Waals surface area contributed by atoms with Gasteiger partial charge in [-0.1, -0.05) is 6.08 Å². The van der Waals surface area contributed by atoms with Gasteiger partial charge in [0.05, 0.1) is 6.26 Å². The predicted octanol–water partition coefficient (Wildman–Crippen LogP) is 0.928. The first kappa shape index (κ1) is 5.59. The van der Waals surface area contributed by atoms with Crippen LogP contribution in [-0.4, -0.2) is 6.10 Å². The second-order valence-electron chi connectivity index (χ2n) is 2.53. The van der Waals surface area contributed by atoms with Gasteiger partial charge in [0, 0.05) is 11.6 Å². The molecule has 0 amide bonds. The van der Waals surface area contributed by atoms with Crippen molar-refractivity contribution in [2.45, 2.75) is 6.10 Å². The molecule has 1 aliphatic carbocycles. The highest BCUT2D eigenvalue weighted by Crippen LogP contribution is 2.24. The van der Waals surface area contributed by atoms with E-state index in [-0.39, 0.29) is 6.10 Å². The third-order valence-electron chi connectivity index (χ3n) is 1.78. The van der Waals surface area contributed by atoms with Crippen molar-refractivity contribution in [3.05, 3.63) is 36.3 Å². The zero-order valence-corrected chi connectivity index (χ0v) is 5.53. The van der Waals surface area contributed by atoms with E-state index in [0.717, 1.165) is 5.70 Å². The highest BCUT2D eigenvalue weighted by molar-refractivity contribution is 5.28. The molecule has 10 heavy (non-hydrogen) atoms. The molecule has 0 fully saturated rings. The van der Waals surface area contributed by atoms with Crippen LogP contribution in [0, 0.1) is 5.92 Å². The molecule has 0 aromatic carbocycles. The monoisotopic (exact) mass is 135 g/mol. The number of ether oxygens (including phenoxy) is 1. The largest absolute Gasteiger partial charge is 0.493 e. The Morgan fingerprint density at radius 1 is 1.40 bits per heavy atom. The third kappa shape index (κ3) is 0.727. The van der Waals surface area contributed by atoms with Crippen molar-refractivity contribution in [1.82, 2.24) is 0 Å². The maximum atomic E-state index is 5.58. The Morgan fingerprint density at radius 3 is 3.20 bits per heavy atom. The normalized spacial score (nSPS) is 35.0. The molecule has 52 valence electrons. The van der Waals surface area contributed by atoms with Gasteiger partial charge in [-0.25, -0.2) is 0 Å². The predicted molar refractivity (Wildman–Crippen MR) is 38.9 cm³/mol. The Balaban J connectivity index is 2.26. The number of rotatable bonds is 0. The van der Waals surface area contributed by atoms with Crippen LogP contribution >= 0.6 is 0 Å². The fourth-order valence-electron chi connectivity index (χ4n) is 1.23. The second kappa shape index (κ2) is 1.90. The minimum Gasteiger partial charge on any atom is -0.493 e. The zero-order valence-electron chi connectivity index (χ0n) is 5.53. The molecule has 2 atom stereocenters. The Morgan fingerprint density at radius 2 is 2.30 bits per heavy atom. The Bertz CT molecular complexity index is 227. The molecule has 2 rings (SSSR count). The third-order valence-corrected chi connectivity index (χ3v) is 1.78. The Hall–Kier alpha value is -1.18. The number of hydrogen-bond donors (Lipinski definition) is 1. The zero-order chi connectivity index (χ0) is 6.97. The van der Waals surface area contributed by atoms with Crippen molar-refractivity contribution < 1.29 is 4.74 Å². The molecule has 0 saturated carbocycles. The lowest BCUT2D eigenvalue weighted by molar-refractivity contribution is 0.192. The number of hydrogen-bond acceptors (Lipinski definition) is 2. The van der Waals surface area contributed by atoms with Gasteiger partial charge < -0.3 is 10.5 Å². The van der Waals surface area contributed by atoms with Crippen molar-refractivity contribution in [2.75, 3.05) is 0 Å². The molecular formula is C8H9NO. The van der Waals surface area contributed by atoms with Crippen LogP contribution in [0.25, 0.3) is 0 Å². The maximum Gasteiger partial charge on any atom is 0.126 e. The summed E-state index contributed by atoms with van der Waals surface area (Å²) in [7, 11) is 0.